The second-order valence-corrected chi connectivity index (χ2v) is 5.28. The van der Waals surface area contributed by atoms with Gasteiger partial charge in [-0.2, -0.15) is 5.10 Å². The van der Waals surface area contributed by atoms with Crippen molar-refractivity contribution in [2.45, 2.75) is 0 Å². The van der Waals surface area contributed by atoms with Gasteiger partial charge in [-0.05, 0) is 35.9 Å². The van der Waals surface area contributed by atoms with Crippen molar-refractivity contribution >= 4 is 51.0 Å². The van der Waals surface area contributed by atoms with Crippen molar-refractivity contribution in [1.82, 2.24) is 0 Å². The van der Waals surface area contributed by atoms with Crippen LogP contribution in [0.5, 0.6) is 0 Å². The summed E-state index contributed by atoms with van der Waals surface area (Å²) in [7, 11) is 0. The van der Waals surface area contributed by atoms with Crippen LogP contribution in [-0.2, 0) is 0 Å². The van der Waals surface area contributed by atoms with Crippen LogP contribution in [-0.4, -0.2) is 6.21 Å². The number of rotatable bonds is 3. The van der Waals surface area contributed by atoms with Crippen molar-refractivity contribution in [1.29, 1.82) is 0 Å². The van der Waals surface area contributed by atoms with E-state index in [0.29, 0.717) is 10.0 Å². The van der Waals surface area contributed by atoms with Gasteiger partial charge in [0.25, 0.3) is 0 Å². The van der Waals surface area contributed by atoms with Gasteiger partial charge < -0.3 is 0 Å². The molecule has 2 nitrogen and oxygen atoms in total. The van der Waals surface area contributed by atoms with Crippen molar-refractivity contribution < 1.29 is 0 Å². The number of halogens is 3. The quantitative estimate of drug-likeness (QED) is 0.601. The maximum absolute atomic E-state index is 5.90. The van der Waals surface area contributed by atoms with E-state index in [4.69, 9.17) is 23.2 Å². The summed E-state index contributed by atoms with van der Waals surface area (Å²) in [5.41, 5.74) is 4.68. The maximum atomic E-state index is 5.90. The predicted octanol–water partition coefficient (Wildman–Crippen LogP) is 5.20. The second kappa shape index (κ2) is 6.23. The van der Waals surface area contributed by atoms with Crippen molar-refractivity contribution in [2.75, 3.05) is 5.43 Å². The Morgan fingerprint density at radius 1 is 1.06 bits per heavy atom. The summed E-state index contributed by atoms with van der Waals surface area (Å²) in [4.78, 5) is 0. The van der Waals surface area contributed by atoms with Gasteiger partial charge in [0.05, 0.1) is 21.9 Å². The molecular weight excluding hydrogens is 335 g/mol. The number of benzene rings is 2. The minimum Gasteiger partial charge on any atom is -0.278 e. The third kappa shape index (κ3) is 3.73. The Balaban J connectivity index is 2.05. The maximum Gasteiger partial charge on any atom is 0.0613 e. The summed E-state index contributed by atoms with van der Waals surface area (Å²) < 4.78 is 1.01. The summed E-state index contributed by atoms with van der Waals surface area (Å²) in [6.07, 6.45) is 1.73. The van der Waals surface area contributed by atoms with Gasteiger partial charge in [0.15, 0.2) is 0 Å². The minimum absolute atomic E-state index is 0.499. The lowest BCUT2D eigenvalue weighted by Gasteiger charge is -2.01. The molecule has 2 aromatic rings. The normalized spacial score (nSPS) is 10.8. The van der Waals surface area contributed by atoms with Crippen LogP contribution in [0.25, 0.3) is 0 Å². The Morgan fingerprint density at radius 2 is 1.89 bits per heavy atom. The van der Waals surface area contributed by atoms with Crippen LogP contribution >= 0.6 is 39.1 Å². The van der Waals surface area contributed by atoms with Crippen LogP contribution < -0.4 is 5.43 Å². The number of anilines is 1. The third-order valence-electron chi connectivity index (χ3n) is 2.18. The molecule has 2 aromatic carbocycles. The van der Waals surface area contributed by atoms with E-state index < -0.39 is 0 Å². The molecule has 1 N–H and O–H groups in total. The molecule has 18 heavy (non-hydrogen) atoms. The van der Waals surface area contributed by atoms with E-state index in [0.717, 1.165) is 15.7 Å². The van der Waals surface area contributed by atoms with Crippen LogP contribution in [0.3, 0.4) is 0 Å². The molecule has 0 saturated carbocycles. The van der Waals surface area contributed by atoms with Crippen molar-refractivity contribution in [2.24, 2.45) is 5.10 Å². The molecule has 0 amide bonds. The largest absolute Gasteiger partial charge is 0.278 e. The van der Waals surface area contributed by atoms with E-state index in [9.17, 15) is 0 Å². The molecule has 0 aromatic heterocycles. The fourth-order valence-electron chi connectivity index (χ4n) is 1.33. The molecule has 2 rings (SSSR count). The number of hydrogen-bond acceptors (Lipinski definition) is 2. The van der Waals surface area contributed by atoms with Crippen LogP contribution in [0.4, 0.5) is 5.69 Å². The lowest BCUT2D eigenvalue weighted by atomic mass is 10.2. The number of hydrazone groups is 1. The number of nitrogens with zero attached hydrogens (tertiary/aromatic N) is 1. The standard InChI is InChI=1S/C13H9BrCl2N2/c14-10-3-1-2-9(6-10)8-17-18-11-4-5-12(15)13(16)7-11/h1-8,18H. The molecule has 0 radical (unpaired) electrons. The average molecular weight is 344 g/mol. The molecular formula is C13H9BrCl2N2. The monoisotopic (exact) mass is 342 g/mol. The van der Waals surface area contributed by atoms with Crippen LogP contribution in [0.2, 0.25) is 10.0 Å². The van der Waals surface area contributed by atoms with Crippen LogP contribution in [0, 0.1) is 0 Å². The van der Waals surface area contributed by atoms with Gasteiger partial charge in [-0.25, -0.2) is 0 Å². The Bertz CT molecular complexity index is 585. The smallest absolute Gasteiger partial charge is 0.0613 e. The zero-order chi connectivity index (χ0) is 13.0. The lowest BCUT2D eigenvalue weighted by molar-refractivity contribution is 1.35. The van der Waals surface area contributed by atoms with Crippen LogP contribution in [0.1, 0.15) is 5.56 Å². The highest BCUT2D eigenvalue weighted by molar-refractivity contribution is 9.10. The Morgan fingerprint density at radius 3 is 2.61 bits per heavy atom. The second-order valence-electron chi connectivity index (χ2n) is 3.55. The SMILES string of the molecule is Clc1ccc(NN=Cc2cccc(Br)c2)cc1Cl. The van der Waals surface area contributed by atoms with Gasteiger partial charge in [-0.15, -0.1) is 0 Å². The Kier molecular flexibility index (Phi) is 4.64. The highest BCUT2D eigenvalue weighted by atomic mass is 79.9. The van der Waals surface area contributed by atoms with Crippen LogP contribution in [0.15, 0.2) is 52.0 Å². The molecule has 0 aliphatic rings. The van der Waals surface area contributed by atoms with Gasteiger partial charge in [0, 0.05) is 4.47 Å². The summed E-state index contributed by atoms with van der Waals surface area (Å²) in [5, 5.41) is 5.15. The molecule has 0 saturated heterocycles. The predicted molar refractivity (Wildman–Crippen MR) is 81.8 cm³/mol. The first kappa shape index (κ1) is 13.4. The van der Waals surface area contributed by atoms with Crippen molar-refractivity contribution in [3.05, 3.63) is 62.5 Å². The molecule has 5 heteroatoms. The zero-order valence-corrected chi connectivity index (χ0v) is 12.3. The first-order valence-electron chi connectivity index (χ1n) is 5.15. The van der Waals surface area contributed by atoms with Gasteiger partial charge in [0.1, 0.15) is 0 Å². The molecule has 92 valence electrons. The van der Waals surface area contributed by atoms with E-state index >= 15 is 0 Å². The van der Waals surface area contributed by atoms with E-state index in [1.807, 2.05) is 30.3 Å². The molecule has 0 aliphatic heterocycles. The molecule has 0 spiro atoms. The zero-order valence-electron chi connectivity index (χ0n) is 9.20. The summed E-state index contributed by atoms with van der Waals surface area (Å²) >= 11 is 15.1. The third-order valence-corrected chi connectivity index (χ3v) is 3.41. The summed E-state index contributed by atoms with van der Waals surface area (Å²) in [5.74, 6) is 0. The average Bonchev–Trinajstić information content (AvgIpc) is 2.34. The fourth-order valence-corrected chi connectivity index (χ4v) is 2.05. The minimum atomic E-state index is 0.499. The summed E-state index contributed by atoms with van der Waals surface area (Å²) in [6.45, 7) is 0. The highest BCUT2D eigenvalue weighted by Gasteiger charge is 1.97. The lowest BCUT2D eigenvalue weighted by Crippen LogP contribution is -1.90. The van der Waals surface area contributed by atoms with E-state index in [1.54, 1.807) is 18.3 Å². The van der Waals surface area contributed by atoms with Gasteiger partial charge >= 0.3 is 0 Å². The van der Waals surface area contributed by atoms with Crippen molar-refractivity contribution in [3.63, 3.8) is 0 Å². The molecule has 0 atom stereocenters. The Hall–Kier alpha value is -1.03. The first-order chi connectivity index (χ1) is 8.65. The molecule has 0 unspecified atom stereocenters. The molecule has 0 aliphatic carbocycles. The molecule has 0 fully saturated rings. The van der Waals surface area contributed by atoms with Gasteiger partial charge in [-0.3, -0.25) is 5.43 Å². The number of nitrogens with one attached hydrogen (secondary N) is 1. The van der Waals surface area contributed by atoms with E-state index in [1.165, 1.54) is 0 Å². The highest BCUT2D eigenvalue weighted by Crippen LogP contribution is 2.24. The summed E-state index contributed by atoms with van der Waals surface area (Å²) in [6, 6.07) is 13.1. The topological polar surface area (TPSA) is 24.4 Å². The van der Waals surface area contributed by atoms with E-state index in [2.05, 4.69) is 26.5 Å². The molecule has 0 heterocycles. The fraction of sp³-hybridized carbons (Fsp3) is 0. The van der Waals surface area contributed by atoms with Crippen molar-refractivity contribution in [3.8, 4) is 0 Å². The van der Waals surface area contributed by atoms with Gasteiger partial charge in [0.2, 0.25) is 0 Å². The Labute approximate surface area is 124 Å². The molecule has 0 bridgehead atoms. The van der Waals surface area contributed by atoms with E-state index in [-0.39, 0.29) is 0 Å². The first-order valence-corrected chi connectivity index (χ1v) is 6.70. The van der Waals surface area contributed by atoms with Gasteiger partial charge in [-0.1, -0.05) is 51.3 Å². The number of hydrogen-bond donors (Lipinski definition) is 1.